The molecule has 6 aromatic carbocycles. The minimum Gasteiger partial charge on any atom is -0.344 e. The summed E-state index contributed by atoms with van der Waals surface area (Å²) in [5, 5.41) is 0. The molecule has 2 aliphatic rings. The summed E-state index contributed by atoms with van der Waals surface area (Å²) in [7, 11) is 2.20. The molecule has 0 saturated carbocycles. The third kappa shape index (κ3) is 2.96. The molecule has 0 aliphatic heterocycles. The standard InChI is InChI=1S/C38H27N/c1-39(28-24-22-27(23-25-28)26-12-3-2-4-13-26)36-21-11-17-32-31-16-7-10-20-35(31)38(37(32)36)33-18-8-5-14-29(33)30-15-6-9-19-34(30)38/h2-25H,1H3. The Hall–Kier alpha value is -4.88. The molecule has 1 nitrogen and oxygen atoms in total. The fourth-order valence-electron chi connectivity index (χ4n) is 7.06. The van der Waals surface area contributed by atoms with Gasteiger partial charge in [0, 0.05) is 24.0 Å². The maximum Gasteiger partial charge on any atom is 0.0745 e. The number of hydrogen-bond donors (Lipinski definition) is 0. The van der Waals surface area contributed by atoms with Gasteiger partial charge < -0.3 is 4.90 Å². The van der Waals surface area contributed by atoms with Crippen molar-refractivity contribution >= 4 is 11.4 Å². The predicted molar refractivity (Wildman–Crippen MR) is 163 cm³/mol. The van der Waals surface area contributed by atoms with Crippen LogP contribution >= 0.6 is 0 Å². The van der Waals surface area contributed by atoms with Crippen molar-refractivity contribution < 1.29 is 0 Å². The van der Waals surface area contributed by atoms with E-state index in [1.165, 1.54) is 67.0 Å². The summed E-state index contributed by atoms with van der Waals surface area (Å²) in [6.45, 7) is 0. The molecule has 0 radical (unpaired) electrons. The lowest BCUT2D eigenvalue weighted by Gasteiger charge is -2.34. The maximum absolute atomic E-state index is 2.37. The average molecular weight is 498 g/mol. The molecule has 2 aliphatic carbocycles. The van der Waals surface area contributed by atoms with Crippen molar-refractivity contribution in [2.45, 2.75) is 5.41 Å². The van der Waals surface area contributed by atoms with E-state index in [4.69, 9.17) is 0 Å². The molecule has 0 aromatic heterocycles. The molecule has 184 valence electrons. The van der Waals surface area contributed by atoms with E-state index in [1.807, 2.05) is 0 Å². The second-order valence-corrected chi connectivity index (χ2v) is 10.6. The van der Waals surface area contributed by atoms with Gasteiger partial charge in [-0.15, -0.1) is 0 Å². The summed E-state index contributed by atoms with van der Waals surface area (Å²) in [6, 6.07) is 53.3. The molecule has 6 aromatic rings. The molecule has 8 rings (SSSR count). The summed E-state index contributed by atoms with van der Waals surface area (Å²) in [4.78, 5) is 2.37. The molecule has 0 heterocycles. The van der Waals surface area contributed by atoms with Gasteiger partial charge in [-0.3, -0.25) is 0 Å². The molecule has 0 unspecified atom stereocenters. The number of hydrogen-bond acceptors (Lipinski definition) is 1. The average Bonchev–Trinajstić information content (AvgIpc) is 3.49. The number of anilines is 2. The third-order valence-corrected chi connectivity index (χ3v) is 8.71. The van der Waals surface area contributed by atoms with Crippen LogP contribution in [0.2, 0.25) is 0 Å². The minimum atomic E-state index is -0.353. The first-order chi connectivity index (χ1) is 19.3. The Bertz CT molecular complexity index is 1800. The Morgan fingerprint density at radius 3 is 1.46 bits per heavy atom. The SMILES string of the molecule is CN(c1ccc(-c2ccccc2)cc1)c1cccc2c1C1(c3ccccc3-c3ccccc31)c1ccccc1-2. The quantitative estimate of drug-likeness (QED) is 0.235. The largest absolute Gasteiger partial charge is 0.344 e. The van der Waals surface area contributed by atoms with Crippen LogP contribution in [0, 0.1) is 0 Å². The molecular weight excluding hydrogens is 470 g/mol. The van der Waals surface area contributed by atoms with E-state index in [9.17, 15) is 0 Å². The fraction of sp³-hybridized carbons (Fsp3) is 0.0526. The second kappa shape index (κ2) is 8.31. The molecule has 0 N–H and O–H groups in total. The highest BCUT2D eigenvalue weighted by Crippen LogP contribution is 2.64. The van der Waals surface area contributed by atoms with Crippen LogP contribution in [0.5, 0.6) is 0 Å². The van der Waals surface area contributed by atoms with Crippen molar-refractivity contribution in [1.82, 2.24) is 0 Å². The van der Waals surface area contributed by atoms with E-state index in [-0.39, 0.29) is 5.41 Å². The van der Waals surface area contributed by atoms with Gasteiger partial charge in [-0.1, -0.05) is 127 Å². The van der Waals surface area contributed by atoms with E-state index < -0.39 is 0 Å². The van der Waals surface area contributed by atoms with Crippen LogP contribution in [0.1, 0.15) is 22.3 Å². The molecule has 1 spiro atoms. The normalized spacial score (nSPS) is 13.5. The minimum absolute atomic E-state index is 0.353. The van der Waals surface area contributed by atoms with E-state index in [2.05, 4.69) is 158 Å². The zero-order chi connectivity index (χ0) is 26.0. The van der Waals surface area contributed by atoms with Crippen LogP contribution in [0.25, 0.3) is 33.4 Å². The lowest BCUT2D eigenvalue weighted by atomic mass is 9.70. The topological polar surface area (TPSA) is 3.24 Å². The maximum atomic E-state index is 2.37. The van der Waals surface area contributed by atoms with Crippen LogP contribution in [0.3, 0.4) is 0 Å². The van der Waals surface area contributed by atoms with E-state index in [1.54, 1.807) is 0 Å². The van der Waals surface area contributed by atoms with Crippen molar-refractivity contribution in [3.05, 3.63) is 168 Å². The number of rotatable bonds is 3. The van der Waals surface area contributed by atoms with Crippen molar-refractivity contribution in [2.75, 3.05) is 11.9 Å². The van der Waals surface area contributed by atoms with Crippen LogP contribution in [0.15, 0.2) is 146 Å². The van der Waals surface area contributed by atoms with Gasteiger partial charge in [-0.25, -0.2) is 0 Å². The summed E-state index contributed by atoms with van der Waals surface area (Å²) >= 11 is 0. The second-order valence-electron chi connectivity index (χ2n) is 10.6. The first kappa shape index (κ1) is 22.1. The summed E-state index contributed by atoms with van der Waals surface area (Å²) in [5.41, 5.74) is 15.3. The van der Waals surface area contributed by atoms with E-state index >= 15 is 0 Å². The first-order valence-corrected chi connectivity index (χ1v) is 13.6. The van der Waals surface area contributed by atoms with Gasteiger partial charge in [-0.05, 0) is 68.3 Å². The number of fused-ring (bicyclic) bond motifs is 10. The van der Waals surface area contributed by atoms with Crippen molar-refractivity contribution in [3.63, 3.8) is 0 Å². The molecule has 0 saturated heterocycles. The summed E-state index contributed by atoms with van der Waals surface area (Å²) < 4.78 is 0. The van der Waals surface area contributed by atoms with Crippen molar-refractivity contribution in [3.8, 4) is 33.4 Å². The van der Waals surface area contributed by atoms with Gasteiger partial charge in [0.1, 0.15) is 0 Å². The Labute approximate surface area is 229 Å². The highest BCUT2D eigenvalue weighted by Gasteiger charge is 2.52. The highest BCUT2D eigenvalue weighted by atomic mass is 15.1. The van der Waals surface area contributed by atoms with Gasteiger partial charge in [0.2, 0.25) is 0 Å². The van der Waals surface area contributed by atoms with E-state index in [0.29, 0.717) is 0 Å². The zero-order valence-corrected chi connectivity index (χ0v) is 21.8. The van der Waals surface area contributed by atoms with Gasteiger partial charge in [0.15, 0.2) is 0 Å². The molecular formula is C38H27N. The molecule has 0 amide bonds. The van der Waals surface area contributed by atoms with Crippen LogP contribution in [-0.2, 0) is 5.41 Å². The predicted octanol–water partition coefficient (Wildman–Crippen LogP) is 9.46. The van der Waals surface area contributed by atoms with Crippen molar-refractivity contribution in [1.29, 1.82) is 0 Å². The Morgan fingerprint density at radius 1 is 0.410 bits per heavy atom. The van der Waals surface area contributed by atoms with Gasteiger partial charge in [0.05, 0.1) is 5.41 Å². The molecule has 1 heteroatoms. The summed E-state index contributed by atoms with van der Waals surface area (Å²) in [5.74, 6) is 0. The smallest absolute Gasteiger partial charge is 0.0745 e. The Kier molecular flexibility index (Phi) is 4.72. The Morgan fingerprint density at radius 2 is 0.872 bits per heavy atom. The highest BCUT2D eigenvalue weighted by molar-refractivity contribution is 5.98. The number of nitrogens with zero attached hydrogens (tertiary/aromatic N) is 1. The summed E-state index contributed by atoms with van der Waals surface area (Å²) in [6.07, 6.45) is 0. The lowest BCUT2D eigenvalue weighted by molar-refractivity contribution is 0.791. The molecule has 0 fully saturated rings. The zero-order valence-electron chi connectivity index (χ0n) is 21.8. The van der Waals surface area contributed by atoms with Crippen LogP contribution in [-0.4, -0.2) is 7.05 Å². The molecule has 0 bridgehead atoms. The van der Waals surface area contributed by atoms with Gasteiger partial charge in [-0.2, -0.15) is 0 Å². The Balaban J connectivity index is 1.38. The lowest BCUT2D eigenvalue weighted by Crippen LogP contribution is -2.28. The molecule has 39 heavy (non-hydrogen) atoms. The van der Waals surface area contributed by atoms with Crippen LogP contribution in [0.4, 0.5) is 11.4 Å². The van der Waals surface area contributed by atoms with Crippen molar-refractivity contribution in [2.24, 2.45) is 0 Å². The monoisotopic (exact) mass is 497 g/mol. The third-order valence-electron chi connectivity index (χ3n) is 8.71. The molecule has 0 atom stereocenters. The van der Waals surface area contributed by atoms with Gasteiger partial charge in [0.25, 0.3) is 0 Å². The van der Waals surface area contributed by atoms with Gasteiger partial charge >= 0.3 is 0 Å². The first-order valence-electron chi connectivity index (χ1n) is 13.6. The fourth-order valence-corrected chi connectivity index (χ4v) is 7.06. The van der Waals surface area contributed by atoms with E-state index in [0.717, 1.165) is 0 Å². The number of benzene rings is 6. The van der Waals surface area contributed by atoms with Crippen LogP contribution < -0.4 is 4.90 Å².